The molecule has 1 aliphatic rings. The quantitative estimate of drug-likeness (QED) is 0.651. The van der Waals surface area contributed by atoms with Gasteiger partial charge >= 0.3 is 6.03 Å². The number of barbiturate groups is 1. The van der Waals surface area contributed by atoms with E-state index in [1.807, 2.05) is 10.6 Å². The lowest BCUT2D eigenvalue weighted by Crippen LogP contribution is -2.58. The smallest absolute Gasteiger partial charge is 0.328 e. The summed E-state index contributed by atoms with van der Waals surface area (Å²) in [4.78, 5) is 45.7. The molecular weight excluding hydrogens is 266 g/mol. The minimum absolute atomic E-state index is 0.397. The van der Waals surface area contributed by atoms with Crippen LogP contribution >= 0.6 is 0 Å². The van der Waals surface area contributed by atoms with Crippen LogP contribution < -0.4 is 20.7 Å². The summed E-state index contributed by atoms with van der Waals surface area (Å²) in [7, 11) is 1.50. The van der Waals surface area contributed by atoms with E-state index in [1.54, 1.807) is 24.3 Å². The third-order valence-electron chi connectivity index (χ3n) is 2.62. The Bertz CT molecular complexity index is 561. The van der Waals surface area contributed by atoms with Crippen molar-refractivity contribution in [1.29, 1.82) is 0 Å². The molecular formula is C12H11N3O5. The van der Waals surface area contributed by atoms with E-state index in [2.05, 4.69) is 5.32 Å². The second kappa shape index (κ2) is 5.39. The van der Waals surface area contributed by atoms with Crippen LogP contribution in [0.1, 0.15) is 0 Å². The van der Waals surface area contributed by atoms with Crippen molar-refractivity contribution in [2.75, 3.05) is 12.4 Å². The molecule has 0 radical (unpaired) electrons. The number of anilines is 1. The summed E-state index contributed by atoms with van der Waals surface area (Å²) in [5.41, 5.74) is 0.397. The first-order chi connectivity index (χ1) is 9.51. The maximum Gasteiger partial charge on any atom is 0.328 e. The molecule has 3 N–H and O–H groups in total. The zero-order chi connectivity index (χ0) is 14.7. The van der Waals surface area contributed by atoms with Gasteiger partial charge in [0.1, 0.15) is 5.75 Å². The van der Waals surface area contributed by atoms with Crippen molar-refractivity contribution in [2.24, 2.45) is 5.92 Å². The van der Waals surface area contributed by atoms with Crippen molar-refractivity contribution < 1.29 is 23.9 Å². The van der Waals surface area contributed by atoms with Crippen molar-refractivity contribution >= 4 is 29.4 Å². The van der Waals surface area contributed by atoms with Gasteiger partial charge in [0.25, 0.3) is 0 Å². The third-order valence-corrected chi connectivity index (χ3v) is 2.62. The summed E-state index contributed by atoms with van der Waals surface area (Å²) in [6.07, 6.45) is 0. The van der Waals surface area contributed by atoms with Crippen LogP contribution in [0.4, 0.5) is 10.5 Å². The second-order valence-corrected chi connectivity index (χ2v) is 3.96. The van der Waals surface area contributed by atoms with Crippen LogP contribution in [0.2, 0.25) is 0 Å². The third kappa shape index (κ3) is 2.74. The Kier molecular flexibility index (Phi) is 3.65. The first-order valence-electron chi connectivity index (χ1n) is 5.62. The van der Waals surface area contributed by atoms with Gasteiger partial charge in [-0.25, -0.2) is 4.79 Å². The van der Waals surface area contributed by atoms with Gasteiger partial charge in [-0.15, -0.1) is 0 Å². The number of carbonyl (C=O) groups excluding carboxylic acids is 4. The highest BCUT2D eigenvalue weighted by Crippen LogP contribution is 2.16. The van der Waals surface area contributed by atoms with E-state index >= 15 is 0 Å². The fourth-order valence-corrected chi connectivity index (χ4v) is 1.65. The van der Waals surface area contributed by atoms with Crippen LogP contribution in [0.25, 0.3) is 0 Å². The van der Waals surface area contributed by atoms with E-state index in [-0.39, 0.29) is 0 Å². The molecule has 0 saturated carbocycles. The molecule has 8 heteroatoms. The molecule has 0 bridgehead atoms. The number of hydrogen-bond acceptors (Lipinski definition) is 5. The van der Waals surface area contributed by atoms with Crippen molar-refractivity contribution in [3.63, 3.8) is 0 Å². The summed E-state index contributed by atoms with van der Waals surface area (Å²) >= 11 is 0. The lowest BCUT2D eigenvalue weighted by Gasteiger charge is -2.19. The molecule has 0 aliphatic carbocycles. The Balaban J connectivity index is 2.08. The number of hydrogen-bond donors (Lipinski definition) is 3. The highest BCUT2D eigenvalue weighted by Gasteiger charge is 2.39. The Morgan fingerprint density at radius 2 is 1.65 bits per heavy atom. The van der Waals surface area contributed by atoms with Gasteiger partial charge in [0.05, 0.1) is 7.11 Å². The molecule has 1 saturated heterocycles. The monoisotopic (exact) mass is 277 g/mol. The maximum atomic E-state index is 11.9. The van der Waals surface area contributed by atoms with Gasteiger partial charge in [-0.3, -0.25) is 25.0 Å². The molecule has 0 spiro atoms. The van der Waals surface area contributed by atoms with Crippen LogP contribution in [0, 0.1) is 5.92 Å². The lowest BCUT2D eigenvalue weighted by molar-refractivity contribution is -0.141. The molecule has 0 atom stereocenters. The standard InChI is InChI=1S/C12H11N3O5/c1-20-7-4-2-6(3-5-7)13-9(16)8-10(17)14-12(19)15-11(8)18/h2-5,8H,1H3,(H,13,16)(H2,14,15,17,18,19). The average Bonchev–Trinajstić information content (AvgIpc) is 2.38. The van der Waals surface area contributed by atoms with Crippen molar-refractivity contribution in [2.45, 2.75) is 0 Å². The fraction of sp³-hybridized carbons (Fsp3) is 0.167. The van der Waals surface area contributed by atoms with Crippen LogP contribution in [-0.2, 0) is 14.4 Å². The van der Waals surface area contributed by atoms with Crippen LogP contribution in [-0.4, -0.2) is 30.9 Å². The minimum Gasteiger partial charge on any atom is -0.497 e. The van der Waals surface area contributed by atoms with E-state index in [4.69, 9.17) is 4.74 Å². The molecule has 0 aromatic heterocycles. The zero-order valence-corrected chi connectivity index (χ0v) is 10.4. The Hall–Kier alpha value is -2.90. The number of urea groups is 1. The zero-order valence-electron chi connectivity index (χ0n) is 10.4. The maximum absolute atomic E-state index is 11.9. The highest BCUT2D eigenvalue weighted by molar-refractivity contribution is 6.28. The van der Waals surface area contributed by atoms with Gasteiger partial charge in [-0.1, -0.05) is 0 Å². The molecule has 1 aromatic rings. The topological polar surface area (TPSA) is 114 Å². The van der Waals surface area contributed by atoms with Crippen molar-refractivity contribution in [3.8, 4) is 5.75 Å². The Morgan fingerprint density at radius 1 is 1.10 bits per heavy atom. The number of imide groups is 2. The summed E-state index contributed by atoms with van der Waals surface area (Å²) in [6.45, 7) is 0. The van der Waals surface area contributed by atoms with Crippen molar-refractivity contribution in [3.05, 3.63) is 24.3 Å². The van der Waals surface area contributed by atoms with Gasteiger partial charge in [0, 0.05) is 5.69 Å². The number of methoxy groups -OCH3 is 1. The molecule has 104 valence electrons. The molecule has 1 fully saturated rings. The van der Waals surface area contributed by atoms with Gasteiger partial charge in [-0.05, 0) is 24.3 Å². The lowest BCUT2D eigenvalue weighted by atomic mass is 10.1. The van der Waals surface area contributed by atoms with E-state index in [0.717, 1.165) is 0 Å². The van der Waals surface area contributed by atoms with Gasteiger partial charge in [0.15, 0.2) is 5.92 Å². The SMILES string of the molecule is COc1ccc(NC(=O)C2C(=O)NC(=O)NC2=O)cc1. The number of rotatable bonds is 3. The Morgan fingerprint density at radius 3 is 2.15 bits per heavy atom. The highest BCUT2D eigenvalue weighted by atomic mass is 16.5. The number of benzene rings is 1. The number of carbonyl (C=O) groups is 4. The molecule has 1 aromatic carbocycles. The van der Waals surface area contributed by atoms with Crippen LogP contribution in [0.3, 0.4) is 0 Å². The summed E-state index contributed by atoms with van der Waals surface area (Å²) in [5.74, 6) is -3.73. The molecule has 1 heterocycles. The number of ether oxygens (including phenoxy) is 1. The molecule has 2 rings (SSSR count). The van der Waals surface area contributed by atoms with E-state index in [1.165, 1.54) is 7.11 Å². The predicted octanol–water partition coefficient (Wildman–Crippen LogP) is -0.384. The van der Waals surface area contributed by atoms with Crippen LogP contribution in [0.15, 0.2) is 24.3 Å². The molecule has 0 unspecified atom stereocenters. The molecule has 20 heavy (non-hydrogen) atoms. The molecule has 5 amide bonds. The number of nitrogens with one attached hydrogen (secondary N) is 3. The van der Waals surface area contributed by atoms with Gasteiger partial charge < -0.3 is 10.1 Å². The van der Waals surface area contributed by atoms with E-state index < -0.39 is 29.7 Å². The van der Waals surface area contributed by atoms with Crippen LogP contribution in [0.5, 0.6) is 5.75 Å². The normalized spacial score (nSPS) is 15.3. The summed E-state index contributed by atoms with van der Waals surface area (Å²) < 4.78 is 4.96. The van der Waals surface area contributed by atoms with Crippen molar-refractivity contribution in [1.82, 2.24) is 10.6 Å². The largest absolute Gasteiger partial charge is 0.497 e. The van der Waals surface area contributed by atoms with Gasteiger partial charge in [0.2, 0.25) is 17.7 Å². The van der Waals surface area contributed by atoms with E-state index in [9.17, 15) is 19.2 Å². The second-order valence-electron chi connectivity index (χ2n) is 3.96. The average molecular weight is 277 g/mol. The number of amides is 5. The Labute approximate surface area is 113 Å². The molecule has 1 aliphatic heterocycles. The summed E-state index contributed by atoms with van der Waals surface area (Å²) in [5, 5.41) is 6.12. The first kappa shape index (κ1) is 13.5. The first-order valence-corrected chi connectivity index (χ1v) is 5.62. The van der Waals surface area contributed by atoms with Gasteiger partial charge in [-0.2, -0.15) is 0 Å². The molecule has 8 nitrogen and oxygen atoms in total. The predicted molar refractivity (Wildman–Crippen MR) is 66.8 cm³/mol. The fourth-order valence-electron chi connectivity index (χ4n) is 1.65. The minimum atomic E-state index is -1.60. The summed E-state index contributed by atoms with van der Waals surface area (Å²) in [6, 6.07) is 5.40. The van der Waals surface area contributed by atoms with E-state index in [0.29, 0.717) is 11.4 Å².